The Morgan fingerprint density at radius 3 is 0.792 bits per heavy atom. The summed E-state index contributed by atoms with van der Waals surface area (Å²) >= 11 is 0. The number of amides is 1. The van der Waals surface area contributed by atoms with Crippen molar-refractivity contribution in [3.05, 3.63) is 0 Å². The molecule has 6 nitrogen and oxygen atoms in total. The van der Waals surface area contributed by atoms with Gasteiger partial charge < -0.3 is 20.3 Å². The van der Waals surface area contributed by atoms with Crippen LogP contribution in [0.4, 0.5) is 0 Å². The molecule has 0 aliphatic heterocycles. The molecule has 77 heavy (non-hydrogen) atoms. The van der Waals surface area contributed by atoms with Crippen LogP contribution >= 0.6 is 0 Å². The van der Waals surface area contributed by atoms with Crippen LogP contribution in [0.3, 0.4) is 0 Å². The highest BCUT2D eigenvalue weighted by Gasteiger charge is 2.20. The van der Waals surface area contributed by atoms with Crippen molar-refractivity contribution in [1.82, 2.24) is 5.32 Å². The van der Waals surface area contributed by atoms with E-state index in [1.54, 1.807) is 0 Å². The first kappa shape index (κ1) is 75.9. The SMILES string of the molecule is CCCCCCCCCCCCCCCCCCCCC(=O)OCCCCCCCCCCCCCCCCCCCCCCCCCCCCCCCCCCC(=O)NC(CO)C(O)CCCCCCCCCCCC. The lowest BCUT2D eigenvalue weighted by molar-refractivity contribution is -0.143. The lowest BCUT2D eigenvalue weighted by Gasteiger charge is -2.22. The molecular weight excluding hydrogens is 947 g/mol. The van der Waals surface area contributed by atoms with Gasteiger partial charge in [0.1, 0.15) is 0 Å². The van der Waals surface area contributed by atoms with Gasteiger partial charge in [-0.2, -0.15) is 0 Å². The fourth-order valence-corrected chi connectivity index (χ4v) is 11.7. The largest absolute Gasteiger partial charge is 0.466 e. The summed E-state index contributed by atoms with van der Waals surface area (Å²) in [6.45, 7) is 4.99. The van der Waals surface area contributed by atoms with Crippen LogP contribution in [0.15, 0.2) is 0 Å². The molecule has 0 saturated carbocycles. The molecule has 0 rings (SSSR count). The van der Waals surface area contributed by atoms with E-state index in [0.29, 0.717) is 25.9 Å². The van der Waals surface area contributed by atoms with Crippen molar-refractivity contribution in [2.24, 2.45) is 0 Å². The van der Waals surface area contributed by atoms with E-state index in [-0.39, 0.29) is 18.5 Å². The molecule has 0 heterocycles. The second-order valence-electron chi connectivity index (χ2n) is 24.9. The summed E-state index contributed by atoms with van der Waals surface area (Å²) in [7, 11) is 0. The maximum absolute atomic E-state index is 12.4. The molecule has 0 bridgehead atoms. The van der Waals surface area contributed by atoms with Gasteiger partial charge in [0.2, 0.25) is 5.91 Å². The number of hydrogen-bond donors (Lipinski definition) is 3. The Morgan fingerprint density at radius 1 is 0.312 bits per heavy atom. The zero-order chi connectivity index (χ0) is 55.7. The van der Waals surface area contributed by atoms with Crippen molar-refractivity contribution in [3.63, 3.8) is 0 Å². The van der Waals surface area contributed by atoms with Gasteiger partial charge >= 0.3 is 5.97 Å². The number of esters is 1. The fourth-order valence-electron chi connectivity index (χ4n) is 11.7. The van der Waals surface area contributed by atoms with E-state index < -0.39 is 12.1 Å². The minimum Gasteiger partial charge on any atom is -0.466 e. The van der Waals surface area contributed by atoms with E-state index in [2.05, 4.69) is 19.2 Å². The van der Waals surface area contributed by atoms with Crippen molar-refractivity contribution in [2.45, 2.75) is 431 Å². The maximum Gasteiger partial charge on any atom is 0.305 e. The number of carbonyl (C=O) groups excluding carboxylic acids is 2. The number of aliphatic hydroxyl groups is 2. The van der Waals surface area contributed by atoms with Crippen LogP contribution in [0.5, 0.6) is 0 Å². The highest BCUT2D eigenvalue weighted by atomic mass is 16.5. The predicted octanol–water partition coefficient (Wildman–Crippen LogP) is 23.0. The highest BCUT2D eigenvalue weighted by molar-refractivity contribution is 5.76. The molecule has 0 spiro atoms. The lowest BCUT2D eigenvalue weighted by atomic mass is 10.0. The molecule has 0 radical (unpaired) electrons. The Bertz CT molecular complexity index is 1120. The van der Waals surface area contributed by atoms with Gasteiger partial charge in [-0.15, -0.1) is 0 Å². The molecule has 0 fully saturated rings. The van der Waals surface area contributed by atoms with E-state index in [0.717, 1.165) is 38.5 Å². The van der Waals surface area contributed by atoms with E-state index in [1.165, 1.54) is 347 Å². The summed E-state index contributed by atoms with van der Waals surface area (Å²) in [6.07, 6.45) is 81.8. The van der Waals surface area contributed by atoms with E-state index in [4.69, 9.17) is 4.74 Å². The number of unbranched alkanes of at least 4 members (excludes halogenated alkanes) is 57. The Kier molecular flexibility index (Phi) is 66.4. The first-order valence-electron chi connectivity index (χ1n) is 35.8. The highest BCUT2D eigenvalue weighted by Crippen LogP contribution is 2.20. The maximum atomic E-state index is 12.4. The first-order chi connectivity index (χ1) is 38.0. The second kappa shape index (κ2) is 67.4. The molecule has 0 aromatic rings. The van der Waals surface area contributed by atoms with Crippen molar-refractivity contribution in [1.29, 1.82) is 0 Å². The summed E-state index contributed by atoms with van der Waals surface area (Å²) in [5, 5.41) is 23.2. The third-order valence-corrected chi connectivity index (χ3v) is 17.2. The summed E-state index contributed by atoms with van der Waals surface area (Å²) in [6, 6.07) is -0.535. The second-order valence-corrected chi connectivity index (χ2v) is 24.9. The van der Waals surface area contributed by atoms with Crippen LogP contribution < -0.4 is 5.32 Å². The lowest BCUT2D eigenvalue weighted by Crippen LogP contribution is -2.45. The van der Waals surface area contributed by atoms with Gasteiger partial charge in [0, 0.05) is 12.8 Å². The number of aliphatic hydroxyl groups excluding tert-OH is 2. The van der Waals surface area contributed by atoms with Gasteiger partial charge in [0.15, 0.2) is 0 Å². The zero-order valence-corrected chi connectivity index (χ0v) is 52.7. The third kappa shape index (κ3) is 63.9. The summed E-state index contributed by atoms with van der Waals surface area (Å²) in [5.41, 5.74) is 0. The standard InChI is InChI=1S/C71H141NO5/c1-3-5-7-9-11-13-15-16-17-18-36-39-42-45-49-53-57-61-65-71(76)77-66-62-58-54-50-46-43-40-37-34-32-30-28-26-24-22-20-19-21-23-25-27-29-31-33-35-38-41-44-48-52-56-60-64-70(75)72-68(67-73)69(74)63-59-55-51-47-14-12-10-8-6-4-2/h68-69,73-74H,3-67H2,1-2H3,(H,72,75). The average molecular weight is 1090 g/mol. The van der Waals surface area contributed by atoms with Gasteiger partial charge in [0.25, 0.3) is 0 Å². The van der Waals surface area contributed by atoms with E-state index >= 15 is 0 Å². The number of rotatable bonds is 68. The summed E-state index contributed by atoms with van der Waals surface area (Å²) in [4.78, 5) is 24.6. The van der Waals surface area contributed by atoms with Gasteiger partial charge in [-0.1, -0.05) is 380 Å². The fraction of sp³-hybridized carbons (Fsp3) is 0.972. The number of hydrogen-bond acceptors (Lipinski definition) is 5. The molecule has 0 aromatic carbocycles. The average Bonchev–Trinajstić information content (AvgIpc) is 3.43. The van der Waals surface area contributed by atoms with Crippen LogP contribution in [0.2, 0.25) is 0 Å². The minimum atomic E-state index is -0.658. The molecular formula is C71H141NO5. The van der Waals surface area contributed by atoms with Crippen molar-refractivity contribution in [2.75, 3.05) is 13.2 Å². The molecule has 0 aliphatic rings. The van der Waals surface area contributed by atoms with Crippen molar-refractivity contribution >= 4 is 11.9 Å². The molecule has 2 atom stereocenters. The topological polar surface area (TPSA) is 95.9 Å². The van der Waals surface area contributed by atoms with Gasteiger partial charge in [-0.3, -0.25) is 9.59 Å². The first-order valence-corrected chi connectivity index (χ1v) is 35.8. The number of carbonyl (C=O) groups is 2. The predicted molar refractivity (Wildman–Crippen MR) is 338 cm³/mol. The van der Waals surface area contributed by atoms with Crippen LogP contribution in [-0.2, 0) is 14.3 Å². The van der Waals surface area contributed by atoms with Crippen molar-refractivity contribution in [3.8, 4) is 0 Å². The Morgan fingerprint density at radius 2 is 0.532 bits per heavy atom. The van der Waals surface area contributed by atoms with E-state index in [9.17, 15) is 19.8 Å². The van der Waals surface area contributed by atoms with Crippen LogP contribution in [0, 0.1) is 0 Å². The van der Waals surface area contributed by atoms with Crippen molar-refractivity contribution < 1.29 is 24.5 Å². The third-order valence-electron chi connectivity index (χ3n) is 17.2. The molecule has 3 N–H and O–H groups in total. The quantitative estimate of drug-likeness (QED) is 0.0417. The Labute approximate surface area is 483 Å². The molecule has 0 saturated heterocycles. The van der Waals surface area contributed by atoms with Gasteiger partial charge in [-0.05, 0) is 25.7 Å². The smallest absolute Gasteiger partial charge is 0.305 e. The summed E-state index contributed by atoms with van der Waals surface area (Å²) in [5.74, 6) is -0.00274. The summed E-state index contributed by atoms with van der Waals surface area (Å²) < 4.78 is 5.52. The van der Waals surface area contributed by atoms with E-state index in [1.807, 2.05) is 0 Å². The monoisotopic (exact) mass is 1090 g/mol. The van der Waals surface area contributed by atoms with Crippen LogP contribution in [-0.4, -0.2) is 47.4 Å². The zero-order valence-electron chi connectivity index (χ0n) is 52.7. The number of nitrogens with one attached hydrogen (secondary N) is 1. The molecule has 2 unspecified atom stereocenters. The molecule has 0 aliphatic carbocycles. The van der Waals surface area contributed by atoms with Crippen LogP contribution in [0.25, 0.3) is 0 Å². The molecule has 1 amide bonds. The Balaban J connectivity index is 3.27. The molecule has 6 heteroatoms. The van der Waals surface area contributed by atoms with Crippen LogP contribution in [0.1, 0.15) is 418 Å². The molecule has 460 valence electrons. The normalized spacial score (nSPS) is 12.4. The molecule has 0 aromatic heterocycles. The Hall–Kier alpha value is -1.14. The number of ether oxygens (including phenoxy) is 1. The van der Waals surface area contributed by atoms with Gasteiger partial charge in [0.05, 0.1) is 25.4 Å². The minimum absolute atomic E-state index is 0.0267. The van der Waals surface area contributed by atoms with Gasteiger partial charge in [-0.25, -0.2) is 0 Å².